The summed E-state index contributed by atoms with van der Waals surface area (Å²) in [4.78, 5) is 27.7. The summed E-state index contributed by atoms with van der Waals surface area (Å²) in [5.74, 6) is 0.460. The summed E-state index contributed by atoms with van der Waals surface area (Å²) in [6.07, 6.45) is -3.21. The molecule has 0 aliphatic rings. The van der Waals surface area contributed by atoms with Gasteiger partial charge >= 0.3 is 41.8 Å². The number of hydrogen-bond acceptors (Lipinski definition) is 4. The summed E-state index contributed by atoms with van der Waals surface area (Å²) in [7, 11) is 1.49. The van der Waals surface area contributed by atoms with E-state index in [1.807, 2.05) is 0 Å². The average Bonchev–Trinajstić information content (AvgIpc) is 2.75. The normalized spacial score (nSPS) is 10.6. The number of aromatic nitrogens is 1. The fourth-order valence-corrected chi connectivity index (χ4v) is 2.81. The van der Waals surface area contributed by atoms with Crippen molar-refractivity contribution in [3.63, 3.8) is 0 Å². The molecule has 0 aliphatic carbocycles. The van der Waals surface area contributed by atoms with Crippen molar-refractivity contribution in [2.24, 2.45) is 0 Å². The molecule has 0 unspecified atom stereocenters. The summed E-state index contributed by atoms with van der Waals surface area (Å²) >= 11 is 5.57. The molecule has 0 atom stereocenters. The predicted molar refractivity (Wildman–Crippen MR) is 114 cm³/mol. The predicted octanol–water partition coefficient (Wildman–Crippen LogP) is 2.67. The fourth-order valence-electron chi connectivity index (χ4n) is 2.58. The molecule has 0 saturated carbocycles. The van der Waals surface area contributed by atoms with Gasteiger partial charge in [-0.05, 0) is 48.5 Å². The number of nitrogens with zero attached hydrogens (tertiary/aromatic N) is 1. The molecule has 168 valence electrons. The Kier molecular flexibility index (Phi) is 9.12. The zero-order valence-electron chi connectivity index (χ0n) is 18.5. The molecule has 2 aromatic carbocycles. The van der Waals surface area contributed by atoms with Crippen LogP contribution in [-0.4, -0.2) is 24.0 Å². The zero-order valence-corrected chi connectivity index (χ0v) is 20.2. The van der Waals surface area contributed by atoms with Crippen molar-refractivity contribution in [1.29, 1.82) is 0 Å². The maximum atomic E-state index is 12.9. The minimum Gasteiger partial charge on any atom is -1.00 e. The van der Waals surface area contributed by atoms with Gasteiger partial charge in [-0.1, -0.05) is 11.6 Å². The number of urea groups is 1. The Balaban J connectivity index is 0.00000289. The Morgan fingerprint density at radius 3 is 2.24 bits per heavy atom. The number of halogens is 4. The number of pyridine rings is 1. The van der Waals surface area contributed by atoms with Crippen LogP contribution in [0.1, 0.15) is 17.5 Å². The fraction of sp³-hybridized carbons (Fsp3) is 0.0952. The number of nitrogens with one attached hydrogen (secondary N) is 3. The van der Waals surface area contributed by atoms with Gasteiger partial charge in [0.15, 0.2) is 0 Å². The van der Waals surface area contributed by atoms with Crippen LogP contribution in [0.5, 0.6) is 11.5 Å². The number of hydrogen-bond donors (Lipinski definition) is 3. The number of ether oxygens (including phenoxy) is 1. The topological polar surface area (TPSA) is 92.4 Å². The molecule has 0 fully saturated rings. The van der Waals surface area contributed by atoms with E-state index in [-0.39, 0.29) is 48.3 Å². The third-order valence-electron chi connectivity index (χ3n) is 4.07. The van der Waals surface area contributed by atoms with E-state index in [0.29, 0.717) is 17.2 Å². The van der Waals surface area contributed by atoms with Crippen LogP contribution in [0, 0.1) is 0 Å². The van der Waals surface area contributed by atoms with E-state index < -0.39 is 22.8 Å². The van der Waals surface area contributed by atoms with E-state index in [2.05, 4.69) is 20.9 Å². The first-order valence-electron chi connectivity index (χ1n) is 9.06. The molecule has 3 N–H and O–H groups in total. The number of alkyl halides is 3. The van der Waals surface area contributed by atoms with Crippen LogP contribution in [-0.2, 0) is 6.18 Å². The van der Waals surface area contributed by atoms with E-state index in [1.54, 1.807) is 30.3 Å². The standard InChI is InChI=1S/C21H16ClF3N4O3.Na.H/c1-26-19(30)18-11-15(8-9-27-18)32-14-5-2-12(3-6-14)28-20(31)29-13-4-7-17(22)16(10-13)21(23,24)25;;/h2-11H,1H3,(H,26,30)(H2,28,29,31);;/q;+1;-1. The summed E-state index contributed by atoms with van der Waals surface area (Å²) in [6.45, 7) is 0. The van der Waals surface area contributed by atoms with Crippen molar-refractivity contribution in [3.05, 3.63) is 77.1 Å². The van der Waals surface area contributed by atoms with E-state index >= 15 is 0 Å². The summed E-state index contributed by atoms with van der Waals surface area (Å²) in [5, 5.41) is 6.83. The number of benzene rings is 2. The molecule has 3 aromatic rings. The molecular formula is C21H17ClF3N4NaO3. The van der Waals surface area contributed by atoms with Gasteiger partial charge in [-0.3, -0.25) is 9.78 Å². The third-order valence-corrected chi connectivity index (χ3v) is 4.40. The second-order valence-corrected chi connectivity index (χ2v) is 6.76. The van der Waals surface area contributed by atoms with Gasteiger partial charge in [0, 0.05) is 30.7 Å². The van der Waals surface area contributed by atoms with Crippen LogP contribution in [0.15, 0.2) is 60.8 Å². The van der Waals surface area contributed by atoms with E-state index in [0.717, 1.165) is 12.1 Å². The number of carbonyl (C=O) groups excluding carboxylic acids is 2. The van der Waals surface area contributed by atoms with Gasteiger partial charge in [-0.25, -0.2) is 4.79 Å². The van der Waals surface area contributed by atoms with Crippen LogP contribution in [0.3, 0.4) is 0 Å². The first kappa shape index (κ1) is 26.5. The van der Waals surface area contributed by atoms with Gasteiger partial charge in [-0.15, -0.1) is 0 Å². The largest absolute Gasteiger partial charge is 1.00 e. The van der Waals surface area contributed by atoms with Crippen molar-refractivity contribution >= 4 is 34.9 Å². The van der Waals surface area contributed by atoms with Crippen LogP contribution in [0.25, 0.3) is 0 Å². The summed E-state index contributed by atoms with van der Waals surface area (Å²) in [5.41, 5.74) is -0.547. The Morgan fingerprint density at radius 2 is 1.61 bits per heavy atom. The van der Waals surface area contributed by atoms with Crippen molar-refractivity contribution in [2.45, 2.75) is 6.18 Å². The maximum Gasteiger partial charge on any atom is 1.00 e. The van der Waals surface area contributed by atoms with Gasteiger partial charge in [0.25, 0.3) is 5.91 Å². The molecule has 0 saturated heterocycles. The molecule has 0 radical (unpaired) electrons. The van der Waals surface area contributed by atoms with E-state index in [1.165, 1.54) is 25.4 Å². The molecule has 0 spiro atoms. The maximum absolute atomic E-state index is 12.9. The first-order chi connectivity index (χ1) is 15.2. The number of amides is 3. The summed E-state index contributed by atoms with van der Waals surface area (Å²) < 4.78 is 44.5. The molecule has 33 heavy (non-hydrogen) atoms. The van der Waals surface area contributed by atoms with E-state index in [9.17, 15) is 22.8 Å². The minimum atomic E-state index is -4.64. The quantitative estimate of drug-likeness (QED) is 0.482. The molecule has 3 amide bonds. The van der Waals surface area contributed by atoms with Crippen LogP contribution < -0.4 is 50.2 Å². The molecule has 0 aliphatic heterocycles. The van der Waals surface area contributed by atoms with E-state index in [4.69, 9.17) is 16.3 Å². The summed E-state index contributed by atoms with van der Waals surface area (Å²) in [6, 6.07) is 11.6. The monoisotopic (exact) mass is 488 g/mol. The Labute approximate surface area is 215 Å². The third kappa shape index (κ3) is 7.36. The molecule has 7 nitrogen and oxygen atoms in total. The van der Waals surface area contributed by atoms with Crippen LogP contribution >= 0.6 is 11.6 Å². The van der Waals surface area contributed by atoms with Crippen molar-refractivity contribution in [3.8, 4) is 11.5 Å². The van der Waals surface area contributed by atoms with Gasteiger partial charge in [0.1, 0.15) is 17.2 Å². The molecule has 12 heteroatoms. The molecular weight excluding hydrogens is 472 g/mol. The Hall–Kier alpha value is -2.79. The Bertz CT molecular complexity index is 1150. The van der Waals surface area contributed by atoms with Gasteiger partial charge in [-0.2, -0.15) is 13.2 Å². The average molecular weight is 489 g/mol. The van der Waals surface area contributed by atoms with Crippen LogP contribution in [0.2, 0.25) is 5.02 Å². The second kappa shape index (κ2) is 11.4. The number of carbonyl (C=O) groups is 2. The molecule has 3 rings (SSSR count). The van der Waals surface area contributed by atoms with Gasteiger partial charge < -0.3 is 22.1 Å². The number of anilines is 2. The minimum absolute atomic E-state index is 0. The van der Waals surface area contributed by atoms with Gasteiger partial charge in [0.2, 0.25) is 0 Å². The second-order valence-electron chi connectivity index (χ2n) is 6.35. The Morgan fingerprint density at radius 1 is 0.970 bits per heavy atom. The SMILES string of the molecule is CNC(=O)c1cc(Oc2ccc(NC(=O)Nc3ccc(Cl)c(C(F)(F)F)c3)cc2)ccn1.[H-].[Na+]. The first-order valence-corrected chi connectivity index (χ1v) is 9.44. The van der Waals surface area contributed by atoms with Crippen molar-refractivity contribution in [2.75, 3.05) is 17.7 Å². The smallest absolute Gasteiger partial charge is 1.00 e. The van der Waals surface area contributed by atoms with Gasteiger partial charge in [0.05, 0.1) is 10.6 Å². The molecule has 1 aromatic heterocycles. The van der Waals surface area contributed by atoms with Crippen LogP contribution in [0.4, 0.5) is 29.3 Å². The molecule has 0 bridgehead atoms. The molecule has 1 heterocycles. The zero-order chi connectivity index (χ0) is 23.3. The van der Waals surface area contributed by atoms with Crippen molar-refractivity contribution in [1.82, 2.24) is 10.3 Å². The number of rotatable bonds is 5. The van der Waals surface area contributed by atoms with Crippen molar-refractivity contribution < 1.29 is 58.5 Å².